The summed E-state index contributed by atoms with van der Waals surface area (Å²) in [5.41, 5.74) is 0.764. The number of aliphatic imine (C=N–C) groups is 1. The molecule has 1 aromatic carbocycles. The first-order valence-electron chi connectivity index (χ1n) is 8.51. The summed E-state index contributed by atoms with van der Waals surface area (Å²) >= 11 is 1.38. The molecule has 0 spiro atoms. The lowest BCUT2D eigenvalue weighted by Gasteiger charge is -2.38. The van der Waals surface area contributed by atoms with E-state index in [1.807, 2.05) is 30.3 Å². The number of amides is 1. The highest BCUT2D eigenvalue weighted by Crippen LogP contribution is 2.37. The third kappa shape index (κ3) is 4.74. The Labute approximate surface area is 155 Å². The molecule has 2 aliphatic heterocycles. The Morgan fingerprint density at radius 2 is 2.00 bits per heavy atom. The van der Waals surface area contributed by atoms with E-state index in [4.69, 9.17) is 9.84 Å². The minimum Gasteiger partial charge on any atom is -0.465 e. The predicted molar refractivity (Wildman–Crippen MR) is 98.3 cm³/mol. The number of rotatable bonds is 7. The molecule has 2 aliphatic rings. The maximum absolute atomic E-state index is 10.5. The number of carboxylic acid groups (broad SMARTS) is 1. The van der Waals surface area contributed by atoms with Crippen LogP contribution in [0.25, 0.3) is 0 Å². The summed E-state index contributed by atoms with van der Waals surface area (Å²) < 4.78 is 5.93. The van der Waals surface area contributed by atoms with E-state index in [-0.39, 0.29) is 12.0 Å². The Hall–Kier alpha value is -1.65. The molecule has 1 amide bonds. The molecule has 0 aromatic heterocycles. The normalized spacial score (nSPS) is 30.5. The highest BCUT2D eigenvalue weighted by Gasteiger charge is 2.47. The zero-order valence-corrected chi connectivity index (χ0v) is 14.9. The van der Waals surface area contributed by atoms with Gasteiger partial charge in [-0.2, -0.15) is 0 Å². The van der Waals surface area contributed by atoms with Gasteiger partial charge in [0.25, 0.3) is 0 Å². The second-order valence-electron chi connectivity index (χ2n) is 6.25. The van der Waals surface area contributed by atoms with Gasteiger partial charge in [-0.1, -0.05) is 42.1 Å². The summed E-state index contributed by atoms with van der Waals surface area (Å²) in [4.78, 5) is 14.9. The number of thioether (sulfide) groups is 1. The van der Waals surface area contributed by atoms with Gasteiger partial charge in [0.2, 0.25) is 0 Å². The first kappa shape index (κ1) is 19.1. The van der Waals surface area contributed by atoms with Gasteiger partial charge in [-0.25, -0.2) is 4.79 Å². The molecule has 142 valence electrons. The molecule has 2 heterocycles. The third-order valence-electron chi connectivity index (χ3n) is 4.35. The molecule has 0 aliphatic carbocycles. The van der Waals surface area contributed by atoms with E-state index in [9.17, 15) is 15.0 Å². The fourth-order valence-corrected chi connectivity index (χ4v) is 4.24. The SMILES string of the molecule is O=C(O)NCCC1=N[C@@H]2[C@@H](O)[C@H](O)[C@@H](CNCc3ccccc3)O[C@@H]2S1. The summed E-state index contributed by atoms with van der Waals surface area (Å²) in [7, 11) is 0. The lowest BCUT2D eigenvalue weighted by molar-refractivity contribution is -0.150. The van der Waals surface area contributed by atoms with Gasteiger partial charge in [-0.3, -0.25) is 4.99 Å². The molecule has 9 heteroatoms. The molecule has 1 fully saturated rings. The lowest BCUT2D eigenvalue weighted by atomic mass is 9.98. The third-order valence-corrected chi connectivity index (χ3v) is 5.55. The summed E-state index contributed by atoms with van der Waals surface area (Å²) in [6.07, 6.45) is -3.21. The van der Waals surface area contributed by atoms with Crippen LogP contribution in [-0.4, -0.2) is 69.3 Å². The van der Waals surface area contributed by atoms with Crippen molar-refractivity contribution in [3.8, 4) is 0 Å². The van der Waals surface area contributed by atoms with Crippen LogP contribution in [0.3, 0.4) is 0 Å². The average Bonchev–Trinajstić information content (AvgIpc) is 3.03. The highest BCUT2D eigenvalue weighted by molar-refractivity contribution is 8.14. The minimum absolute atomic E-state index is 0.251. The van der Waals surface area contributed by atoms with E-state index in [1.54, 1.807) is 0 Å². The largest absolute Gasteiger partial charge is 0.465 e. The van der Waals surface area contributed by atoms with Gasteiger partial charge in [-0.05, 0) is 5.56 Å². The first-order chi connectivity index (χ1) is 12.5. The number of ether oxygens (including phenoxy) is 1. The highest BCUT2D eigenvalue weighted by atomic mass is 32.2. The van der Waals surface area contributed by atoms with Crippen molar-refractivity contribution in [2.24, 2.45) is 4.99 Å². The smallest absolute Gasteiger partial charge is 0.404 e. The number of nitrogens with one attached hydrogen (secondary N) is 2. The van der Waals surface area contributed by atoms with E-state index in [1.165, 1.54) is 11.8 Å². The number of nitrogens with zero attached hydrogens (tertiary/aromatic N) is 1. The van der Waals surface area contributed by atoms with Crippen molar-refractivity contribution < 1.29 is 24.9 Å². The number of aliphatic hydroxyl groups is 2. The summed E-state index contributed by atoms with van der Waals surface area (Å²) in [6.45, 7) is 1.31. The van der Waals surface area contributed by atoms with Crippen molar-refractivity contribution >= 4 is 22.9 Å². The van der Waals surface area contributed by atoms with Crippen molar-refractivity contribution in [1.29, 1.82) is 0 Å². The molecular formula is C17H23N3O5S. The Morgan fingerprint density at radius 1 is 1.23 bits per heavy atom. The predicted octanol–water partition coefficient (Wildman–Crippen LogP) is 0.395. The molecule has 0 radical (unpaired) electrons. The first-order valence-corrected chi connectivity index (χ1v) is 9.39. The maximum Gasteiger partial charge on any atom is 0.404 e. The number of hydrogen-bond donors (Lipinski definition) is 5. The minimum atomic E-state index is -1.08. The van der Waals surface area contributed by atoms with Gasteiger partial charge in [-0.15, -0.1) is 0 Å². The van der Waals surface area contributed by atoms with Crippen molar-refractivity contribution in [2.75, 3.05) is 13.1 Å². The van der Waals surface area contributed by atoms with Crippen LogP contribution in [0.15, 0.2) is 35.3 Å². The second kappa shape index (κ2) is 8.83. The summed E-state index contributed by atoms with van der Waals surface area (Å²) in [6, 6.07) is 9.37. The summed E-state index contributed by atoms with van der Waals surface area (Å²) in [5.74, 6) is 0. The molecule has 5 atom stereocenters. The molecule has 8 nitrogen and oxygen atoms in total. The van der Waals surface area contributed by atoms with Gasteiger partial charge in [0.1, 0.15) is 29.8 Å². The Kier molecular flexibility index (Phi) is 6.49. The molecule has 0 unspecified atom stereocenters. The zero-order valence-electron chi connectivity index (χ0n) is 14.1. The monoisotopic (exact) mass is 381 g/mol. The van der Waals surface area contributed by atoms with Crippen LogP contribution in [0.1, 0.15) is 12.0 Å². The summed E-state index contributed by atoms with van der Waals surface area (Å²) in [5, 5.41) is 35.6. The van der Waals surface area contributed by atoms with Gasteiger partial charge >= 0.3 is 6.09 Å². The average molecular weight is 381 g/mol. The molecule has 3 rings (SSSR count). The van der Waals surface area contributed by atoms with E-state index >= 15 is 0 Å². The van der Waals surface area contributed by atoms with Crippen LogP contribution in [0.4, 0.5) is 4.79 Å². The molecular weight excluding hydrogens is 358 g/mol. The van der Waals surface area contributed by atoms with Crippen LogP contribution < -0.4 is 10.6 Å². The van der Waals surface area contributed by atoms with Crippen LogP contribution in [0, 0.1) is 0 Å². The number of hydrogen-bond acceptors (Lipinski definition) is 7. The van der Waals surface area contributed by atoms with E-state index in [0.717, 1.165) is 10.6 Å². The van der Waals surface area contributed by atoms with Crippen molar-refractivity contribution in [3.05, 3.63) is 35.9 Å². The molecule has 5 N–H and O–H groups in total. The molecule has 1 aromatic rings. The second-order valence-corrected chi connectivity index (χ2v) is 7.43. The van der Waals surface area contributed by atoms with Crippen molar-refractivity contribution in [3.63, 3.8) is 0 Å². The Bertz CT molecular complexity index is 645. The Balaban J connectivity index is 1.50. The number of carbonyl (C=O) groups is 1. The van der Waals surface area contributed by atoms with Gasteiger partial charge in [0.05, 0.1) is 5.04 Å². The fraction of sp³-hybridized carbons (Fsp3) is 0.529. The number of benzene rings is 1. The van der Waals surface area contributed by atoms with E-state index in [0.29, 0.717) is 19.5 Å². The van der Waals surface area contributed by atoms with Gasteiger partial charge in [0, 0.05) is 26.1 Å². The Morgan fingerprint density at radius 3 is 2.73 bits per heavy atom. The van der Waals surface area contributed by atoms with E-state index in [2.05, 4.69) is 15.6 Å². The van der Waals surface area contributed by atoms with Crippen LogP contribution in [-0.2, 0) is 11.3 Å². The van der Waals surface area contributed by atoms with E-state index < -0.39 is 30.4 Å². The molecule has 0 bridgehead atoms. The maximum atomic E-state index is 10.5. The topological polar surface area (TPSA) is 123 Å². The van der Waals surface area contributed by atoms with Gasteiger partial charge in [0.15, 0.2) is 0 Å². The number of aliphatic hydroxyl groups excluding tert-OH is 2. The van der Waals surface area contributed by atoms with Crippen molar-refractivity contribution in [2.45, 2.75) is 42.8 Å². The molecule has 0 saturated carbocycles. The molecule has 26 heavy (non-hydrogen) atoms. The van der Waals surface area contributed by atoms with Gasteiger partial charge < -0.3 is 30.7 Å². The lowest BCUT2D eigenvalue weighted by Crippen LogP contribution is -2.57. The van der Waals surface area contributed by atoms with Crippen LogP contribution >= 0.6 is 11.8 Å². The standard InChI is InChI=1S/C17H23N3O5S/c21-14-11(9-18-8-10-4-2-1-3-5-10)25-16-13(15(14)22)20-12(26-16)6-7-19-17(23)24/h1-5,11,13-16,18-19,21-22H,6-9H2,(H,23,24)/t11-,13-,14-,15-,16-/m1/s1. The molecule has 1 saturated heterocycles. The van der Waals surface area contributed by atoms with Crippen LogP contribution in [0.5, 0.6) is 0 Å². The van der Waals surface area contributed by atoms with Crippen LogP contribution in [0.2, 0.25) is 0 Å². The fourth-order valence-electron chi connectivity index (χ4n) is 3.01. The quantitative estimate of drug-likeness (QED) is 0.463. The zero-order chi connectivity index (χ0) is 18.5. The van der Waals surface area contributed by atoms with Crippen molar-refractivity contribution in [1.82, 2.24) is 10.6 Å². The number of fused-ring (bicyclic) bond motifs is 1.